The molecule has 12 heteroatoms. The van der Waals surface area contributed by atoms with Gasteiger partial charge in [0.15, 0.2) is 24.6 Å². The second-order valence-electron chi connectivity index (χ2n) is 17.8. The first-order chi connectivity index (χ1) is 34.6. The minimum Gasteiger partial charge on any atom is -0.479 e. The van der Waals surface area contributed by atoms with E-state index in [9.17, 15) is 34.5 Å². The predicted molar refractivity (Wildman–Crippen MR) is 284 cm³/mol. The minimum absolute atomic E-state index is 0.0230. The number of carboxylic acids is 1. The molecule has 0 radical (unpaired) electrons. The molecule has 0 aromatic carbocycles. The zero-order valence-electron chi connectivity index (χ0n) is 43.7. The Labute approximate surface area is 427 Å². The maximum Gasteiger partial charge on any atom is 0.335 e. The summed E-state index contributed by atoms with van der Waals surface area (Å²) in [5.41, 5.74) is 0. The second kappa shape index (κ2) is 46.5. The van der Waals surface area contributed by atoms with Gasteiger partial charge in [-0.3, -0.25) is 14.4 Å². The van der Waals surface area contributed by atoms with E-state index in [2.05, 4.69) is 112 Å². The molecule has 12 nitrogen and oxygen atoms in total. The van der Waals surface area contributed by atoms with Crippen molar-refractivity contribution in [3.63, 3.8) is 0 Å². The summed E-state index contributed by atoms with van der Waals surface area (Å²) in [6.07, 6.45) is 49.6. The Kier molecular flexibility index (Phi) is 42.1. The Morgan fingerprint density at radius 3 is 1.44 bits per heavy atom. The highest BCUT2D eigenvalue weighted by atomic mass is 16.7. The van der Waals surface area contributed by atoms with Gasteiger partial charge in [-0.25, -0.2) is 4.79 Å². The molecular formula is C59H92O12. The third-order valence-electron chi connectivity index (χ3n) is 11.3. The number of aliphatic hydroxyl groups excluding tert-OH is 2. The highest BCUT2D eigenvalue weighted by Crippen LogP contribution is 2.26. The van der Waals surface area contributed by atoms with Crippen molar-refractivity contribution in [3.05, 3.63) is 109 Å². The summed E-state index contributed by atoms with van der Waals surface area (Å²) in [6.45, 7) is 5.58. The van der Waals surface area contributed by atoms with Crippen molar-refractivity contribution in [2.24, 2.45) is 0 Å². The Hall–Kier alpha value is -4.62. The summed E-state index contributed by atoms with van der Waals surface area (Å²) < 4.78 is 28.2. The number of carboxylic acid groups (broad SMARTS) is 1. The number of allylic oxidation sites excluding steroid dienone is 17. The molecule has 1 rings (SSSR count). The van der Waals surface area contributed by atoms with Gasteiger partial charge >= 0.3 is 23.9 Å². The van der Waals surface area contributed by atoms with Gasteiger partial charge in [0.1, 0.15) is 18.8 Å². The lowest BCUT2D eigenvalue weighted by Gasteiger charge is -2.40. The average molecular weight is 993 g/mol. The van der Waals surface area contributed by atoms with E-state index >= 15 is 0 Å². The van der Waals surface area contributed by atoms with E-state index < -0.39 is 67.3 Å². The van der Waals surface area contributed by atoms with Crippen molar-refractivity contribution in [2.75, 3.05) is 13.2 Å². The van der Waals surface area contributed by atoms with Crippen molar-refractivity contribution in [3.8, 4) is 0 Å². The van der Waals surface area contributed by atoms with Crippen LogP contribution in [0.2, 0.25) is 0 Å². The van der Waals surface area contributed by atoms with Crippen LogP contribution in [-0.2, 0) is 42.9 Å². The molecule has 1 aliphatic heterocycles. The van der Waals surface area contributed by atoms with E-state index in [0.717, 1.165) is 116 Å². The molecule has 0 amide bonds. The molecule has 3 N–H and O–H groups in total. The Bertz CT molecular complexity index is 1650. The third-order valence-corrected chi connectivity index (χ3v) is 11.3. The summed E-state index contributed by atoms with van der Waals surface area (Å²) >= 11 is 0. The van der Waals surface area contributed by atoms with Gasteiger partial charge < -0.3 is 39.0 Å². The first kappa shape index (κ1) is 64.4. The molecule has 1 fully saturated rings. The molecule has 1 heterocycles. The van der Waals surface area contributed by atoms with Gasteiger partial charge in [-0.2, -0.15) is 0 Å². The summed E-state index contributed by atoms with van der Waals surface area (Å²) in [6, 6.07) is 0. The van der Waals surface area contributed by atoms with Gasteiger partial charge in [-0.1, -0.05) is 182 Å². The summed E-state index contributed by atoms with van der Waals surface area (Å²) in [7, 11) is 0. The highest BCUT2D eigenvalue weighted by Gasteiger charge is 2.50. The van der Waals surface area contributed by atoms with Crippen LogP contribution in [0.15, 0.2) is 109 Å². The van der Waals surface area contributed by atoms with Crippen LogP contribution in [0.4, 0.5) is 0 Å². The maximum atomic E-state index is 13.1. The van der Waals surface area contributed by atoms with Crippen LogP contribution >= 0.6 is 0 Å². The van der Waals surface area contributed by atoms with Crippen molar-refractivity contribution in [1.29, 1.82) is 0 Å². The number of unbranched alkanes of at least 4 members (excludes halogenated alkanes) is 12. The van der Waals surface area contributed by atoms with E-state index in [-0.39, 0.29) is 25.9 Å². The average Bonchev–Trinajstić information content (AvgIpc) is 3.35. The topological polar surface area (TPSA) is 175 Å². The number of rotatable bonds is 43. The molecule has 400 valence electrons. The van der Waals surface area contributed by atoms with Crippen LogP contribution in [-0.4, -0.2) is 89.2 Å². The van der Waals surface area contributed by atoms with E-state index in [1.807, 2.05) is 12.2 Å². The van der Waals surface area contributed by atoms with Gasteiger partial charge in [0.25, 0.3) is 0 Å². The van der Waals surface area contributed by atoms with Crippen LogP contribution in [0.5, 0.6) is 0 Å². The number of carbonyl (C=O) groups is 4. The van der Waals surface area contributed by atoms with Crippen LogP contribution < -0.4 is 0 Å². The van der Waals surface area contributed by atoms with E-state index in [1.165, 1.54) is 12.8 Å². The lowest BCUT2D eigenvalue weighted by Crippen LogP contribution is -2.61. The van der Waals surface area contributed by atoms with Crippen molar-refractivity contribution in [2.45, 2.75) is 225 Å². The number of aliphatic hydroxyl groups is 2. The fourth-order valence-electron chi connectivity index (χ4n) is 7.26. The van der Waals surface area contributed by atoms with Crippen molar-refractivity contribution >= 4 is 23.9 Å². The largest absolute Gasteiger partial charge is 0.479 e. The van der Waals surface area contributed by atoms with Crippen molar-refractivity contribution in [1.82, 2.24) is 0 Å². The van der Waals surface area contributed by atoms with Gasteiger partial charge in [0.2, 0.25) is 0 Å². The van der Waals surface area contributed by atoms with Crippen LogP contribution in [0.1, 0.15) is 188 Å². The molecule has 0 aromatic rings. The van der Waals surface area contributed by atoms with Crippen LogP contribution in [0, 0.1) is 0 Å². The first-order valence-corrected chi connectivity index (χ1v) is 26.9. The zero-order chi connectivity index (χ0) is 51.8. The zero-order valence-corrected chi connectivity index (χ0v) is 43.7. The highest BCUT2D eigenvalue weighted by molar-refractivity contribution is 5.74. The number of carbonyl (C=O) groups excluding carboxylic acids is 3. The quantitative estimate of drug-likeness (QED) is 0.0229. The fraction of sp³-hybridized carbons (Fsp3) is 0.627. The Morgan fingerprint density at radius 2 is 0.930 bits per heavy atom. The molecule has 6 atom stereocenters. The number of hydrogen-bond acceptors (Lipinski definition) is 11. The number of hydrogen-bond donors (Lipinski definition) is 3. The van der Waals surface area contributed by atoms with Gasteiger partial charge in [0.05, 0.1) is 13.0 Å². The minimum atomic E-state index is -1.93. The lowest BCUT2D eigenvalue weighted by molar-refractivity contribution is -0.301. The van der Waals surface area contributed by atoms with E-state index in [0.29, 0.717) is 19.3 Å². The van der Waals surface area contributed by atoms with E-state index in [4.69, 9.17) is 23.7 Å². The monoisotopic (exact) mass is 993 g/mol. The molecule has 0 aliphatic carbocycles. The third kappa shape index (κ3) is 36.9. The molecule has 0 saturated carbocycles. The van der Waals surface area contributed by atoms with Crippen molar-refractivity contribution < 1.29 is 58.2 Å². The Morgan fingerprint density at radius 1 is 0.493 bits per heavy atom. The standard InChI is InChI=1S/C59H92O12/c1-4-7-10-13-16-19-22-24-26-28-31-33-36-39-42-45-51(60)67-48-50(69-52(61)46-43-40-37-34-30-21-18-15-12-9-6-3)49-68-59-57(55(64)54(63)56(71-59)58(65)66)70-53(62)47-44-41-38-35-32-29-27-25-23-20-17-14-11-8-5-2/h7-8,10-11,15-20,24-27,31,33,39,42,50,54-57,59,63-64H,4-6,9,12-14,21-23,28-30,32,34-38,40-41,43-49H2,1-3H3,(H,65,66)/b10-7-,11-8-,18-15-,19-16-,20-17-,26-24-,27-25-,33-31-,42-39-. The van der Waals surface area contributed by atoms with Crippen LogP contribution in [0.3, 0.4) is 0 Å². The number of aliphatic carboxylic acids is 1. The normalized spacial score (nSPS) is 19.4. The molecule has 0 aromatic heterocycles. The Balaban J connectivity index is 2.79. The molecular weight excluding hydrogens is 901 g/mol. The molecule has 1 saturated heterocycles. The fourth-order valence-corrected chi connectivity index (χ4v) is 7.26. The summed E-state index contributed by atoms with van der Waals surface area (Å²) in [5, 5.41) is 31.4. The summed E-state index contributed by atoms with van der Waals surface area (Å²) in [5.74, 6) is -3.34. The van der Waals surface area contributed by atoms with Gasteiger partial charge in [0, 0.05) is 12.8 Å². The lowest BCUT2D eigenvalue weighted by atomic mass is 9.98. The molecule has 6 unspecified atom stereocenters. The van der Waals surface area contributed by atoms with Gasteiger partial charge in [-0.15, -0.1) is 0 Å². The van der Waals surface area contributed by atoms with E-state index in [1.54, 1.807) is 6.08 Å². The molecule has 1 aliphatic rings. The SMILES string of the molecule is CC/C=C\C/C=C\C/C=C\C/C=C\C/C=C\CC(=O)OCC(COC1OC(C(=O)O)C(O)C(O)C1OC(=O)CCCCCCC/C=C\C/C=C\C/C=C\CC)OC(=O)CCCCCCC/C=C\CCCC. The number of ether oxygens (including phenoxy) is 5. The van der Waals surface area contributed by atoms with Crippen LogP contribution in [0.25, 0.3) is 0 Å². The molecule has 0 bridgehead atoms. The first-order valence-electron chi connectivity index (χ1n) is 26.9. The maximum absolute atomic E-state index is 13.1. The number of esters is 3. The second-order valence-corrected chi connectivity index (χ2v) is 17.8. The predicted octanol–water partition coefficient (Wildman–Crippen LogP) is 13.1. The molecule has 0 spiro atoms. The molecule has 71 heavy (non-hydrogen) atoms. The van der Waals surface area contributed by atoms with Gasteiger partial charge in [-0.05, 0) is 96.3 Å². The summed E-state index contributed by atoms with van der Waals surface area (Å²) in [4.78, 5) is 50.8. The smallest absolute Gasteiger partial charge is 0.335 e.